The van der Waals surface area contributed by atoms with Crippen LogP contribution in [0.1, 0.15) is 32.6 Å². The molecule has 1 aliphatic rings. The van der Waals surface area contributed by atoms with Crippen LogP contribution in [0.2, 0.25) is 0 Å². The van der Waals surface area contributed by atoms with E-state index in [9.17, 15) is 13.2 Å². The molecule has 0 aromatic heterocycles. The second-order valence-corrected chi connectivity index (χ2v) is 6.67. The highest BCUT2D eigenvalue weighted by atomic mass is 32.2. The molecule has 0 amide bonds. The van der Waals surface area contributed by atoms with Crippen LogP contribution in [0.25, 0.3) is 0 Å². The third-order valence-electron chi connectivity index (χ3n) is 2.80. The van der Waals surface area contributed by atoms with Gasteiger partial charge in [0.15, 0.2) is 9.84 Å². The van der Waals surface area contributed by atoms with E-state index in [1.807, 2.05) is 6.92 Å². The fourth-order valence-electron chi connectivity index (χ4n) is 1.65. The molecule has 1 fully saturated rings. The summed E-state index contributed by atoms with van der Waals surface area (Å²) < 4.78 is 28.9. The van der Waals surface area contributed by atoms with Crippen LogP contribution in [0.15, 0.2) is 29.2 Å². The molecule has 0 heterocycles. The number of carbonyl (C=O) groups is 1. The van der Waals surface area contributed by atoms with Crippen LogP contribution in [0, 0.1) is 0 Å². The first-order chi connectivity index (χ1) is 8.54. The number of benzene rings is 1. The Morgan fingerprint density at radius 1 is 1.28 bits per heavy atom. The SMILES string of the molecule is CCCC(=O)Oc1ccc(S(=O)(=O)C2CC2)cc1. The van der Waals surface area contributed by atoms with Gasteiger partial charge in [0.1, 0.15) is 5.75 Å². The quantitative estimate of drug-likeness (QED) is 0.607. The Morgan fingerprint density at radius 3 is 2.39 bits per heavy atom. The molecule has 1 aliphatic carbocycles. The Hall–Kier alpha value is -1.36. The van der Waals surface area contributed by atoms with Crippen LogP contribution in [0.5, 0.6) is 5.75 Å². The lowest BCUT2D eigenvalue weighted by atomic mass is 10.3. The molecule has 0 atom stereocenters. The number of rotatable bonds is 5. The van der Waals surface area contributed by atoms with Crippen molar-refractivity contribution in [3.05, 3.63) is 24.3 Å². The Balaban J connectivity index is 2.08. The number of hydrogen-bond acceptors (Lipinski definition) is 4. The van der Waals surface area contributed by atoms with Gasteiger partial charge in [-0.25, -0.2) is 8.42 Å². The molecule has 0 spiro atoms. The normalized spacial score (nSPS) is 15.4. The van der Waals surface area contributed by atoms with Crippen molar-refractivity contribution in [1.29, 1.82) is 0 Å². The van der Waals surface area contributed by atoms with E-state index < -0.39 is 9.84 Å². The third kappa shape index (κ3) is 2.90. The Bertz CT molecular complexity index is 527. The van der Waals surface area contributed by atoms with Crippen LogP contribution in [0.4, 0.5) is 0 Å². The van der Waals surface area contributed by atoms with Crippen molar-refractivity contribution in [3.63, 3.8) is 0 Å². The molecule has 5 heteroatoms. The number of hydrogen-bond donors (Lipinski definition) is 0. The maximum Gasteiger partial charge on any atom is 0.311 e. The van der Waals surface area contributed by atoms with Crippen LogP contribution >= 0.6 is 0 Å². The van der Waals surface area contributed by atoms with Crippen molar-refractivity contribution in [2.75, 3.05) is 0 Å². The number of esters is 1. The zero-order valence-electron chi connectivity index (χ0n) is 10.3. The molecule has 18 heavy (non-hydrogen) atoms. The summed E-state index contributed by atoms with van der Waals surface area (Å²) in [6.07, 6.45) is 2.58. The molecule has 0 radical (unpaired) electrons. The molecule has 98 valence electrons. The summed E-state index contributed by atoms with van der Waals surface area (Å²) in [5, 5.41) is -0.217. The molecule has 0 unspecified atom stereocenters. The molecule has 4 nitrogen and oxygen atoms in total. The fourth-order valence-corrected chi connectivity index (χ4v) is 3.31. The van der Waals surface area contributed by atoms with Crippen molar-refractivity contribution < 1.29 is 17.9 Å². The van der Waals surface area contributed by atoms with Crippen LogP contribution in [0.3, 0.4) is 0 Å². The van der Waals surface area contributed by atoms with Crippen LogP contribution in [-0.2, 0) is 14.6 Å². The maximum absolute atomic E-state index is 11.9. The molecule has 0 saturated heterocycles. The lowest BCUT2D eigenvalue weighted by Crippen LogP contribution is -2.08. The van der Waals surface area contributed by atoms with Gasteiger partial charge in [-0.05, 0) is 43.5 Å². The van der Waals surface area contributed by atoms with Gasteiger partial charge in [-0.2, -0.15) is 0 Å². The Kier molecular flexibility index (Phi) is 3.71. The van der Waals surface area contributed by atoms with Gasteiger partial charge in [0.2, 0.25) is 0 Å². The predicted molar refractivity (Wildman–Crippen MR) is 67.2 cm³/mol. The van der Waals surface area contributed by atoms with E-state index in [0.717, 1.165) is 19.3 Å². The smallest absolute Gasteiger partial charge is 0.311 e. The largest absolute Gasteiger partial charge is 0.427 e. The molecule has 0 aliphatic heterocycles. The van der Waals surface area contributed by atoms with E-state index in [0.29, 0.717) is 17.1 Å². The number of ether oxygens (including phenoxy) is 1. The minimum atomic E-state index is -3.16. The minimum absolute atomic E-state index is 0.217. The van der Waals surface area contributed by atoms with E-state index in [4.69, 9.17) is 4.74 Å². The van der Waals surface area contributed by atoms with Crippen molar-refractivity contribution in [2.24, 2.45) is 0 Å². The summed E-state index contributed by atoms with van der Waals surface area (Å²) in [6.45, 7) is 1.90. The summed E-state index contributed by atoms with van der Waals surface area (Å²) in [4.78, 5) is 11.6. The van der Waals surface area contributed by atoms with Crippen molar-refractivity contribution in [2.45, 2.75) is 42.8 Å². The first-order valence-corrected chi connectivity index (χ1v) is 7.63. The van der Waals surface area contributed by atoms with Gasteiger partial charge in [0.05, 0.1) is 10.1 Å². The molecule has 1 aromatic rings. The predicted octanol–water partition coefficient (Wildman–Crippen LogP) is 2.33. The van der Waals surface area contributed by atoms with Gasteiger partial charge < -0.3 is 4.74 Å². The topological polar surface area (TPSA) is 60.4 Å². The summed E-state index contributed by atoms with van der Waals surface area (Å²) in [7, 11) is -3.16. The molecule has 2 rings (SSSR count). The highest BCUT2D eigenvalue weighted by Crippen LogP contribution is 2.33. The van der Waals surface area contributed by atoms with Gasteiger partial charge in [0, 0.05) is 6.42 Å². The summed E-state index contributed by atoms with van der Waals surface area (Å²) in [5.41, 5.74) is 0. The van der Waals surface area contributed by atoms with Gasteiger partial charge in [-0.15, -0.1) is 0 Å². The third-order valence-corrected chi connectivity index (χ3v) is 5.08. The maximum atomic E-state index is 11.9. The van der Waals surface area contributed by atoms with E-state index in [-0.39, 0.29) is 11.2 Å². The van der Waals surface area contributed by atoms with Gasteiger partial charge in [-0.1, -0.05) is 6.92 Å². The van der Waals surface area contributed by atoms with E-state index >= 15 is 0 Å². The van der Waals surface area contributed by atoms with E-state index in [1.165, 1.54) is 24.3 Å². The highest BCUT2D eigenvalue weighted by molar-refractivity contribution is 7.92. The number of carbonyl (C=O) groups excluding carboxylic acids is 1. The fraction of sp³-hybridized carbons (Fsp3) is 0.462. The monoisotopic (exact) mass is 268 g/mol. The van der Waals surface area contributed by atoms with Crippen LogP contribution in [-0.4, -0.2) is 19.6 Å². The first kappa shape index (κ1) is 13.1. The van der Waals surface area contributed by atoms with Crippen molar-refractivity contribution >= 4 is 15.8 Å². The van der Waals surface area contributed by atoms with E-state index in [1.54, 1.807) is 0 Å². The Morgan fingerprint density at radius 2 is 1.89 bits per heavy atom. The molecular weight excluding hydrogens is 252 g/mol. The lowest BCUT2D eigenvalue weighted by molar-refractivity contribution is -0.134. The van der Waals surface area contributed by atoms with Crippen molar-refractivity contribution in [1.82, 2.24) is 0 Å². The van der Waals surface area contributed by atoms with E-state index in [2.05, 4.69) is 0 Å². The van der Waals surface area contributed by atoms with Crippen molar-refractivity contribution in [3.8, 4) is 5.75 Å². The average molecular weight is 268 g/mol. The molecule has 1 aromatic carbocycles. The zero-order valence-corrected chi connectivity index (χ0v) is 11.1. The second-order valence-electron chi connectivity index (χ2n) is 4.44. The molecule has 0 N–H and O–H groups in total. The molecule has 0 bridgehead atoms. The minimum Gasteiger partial charge on any atom is -0.427 e. The number of sulfone groups is 1. The van der Waals surface area contributed by atoms with Gasteiger partial charge in [-0.3, -0.25) is 4.79 Å². The zero-order chi connectivity index (χ0) is 13.2. The molecular formula is C13H16O4S. The summed E-state index contributed by atoms with van der Waals surface area (Å²) in [6, 6.07) is 6.07. The molecule has 1 saturated carbocycles. The van der Waals surface area contributed by atoms with Gasteiger partial charge in [0.25, 0.3) is 0 Å². The second kappa shape index (κ2) is 5.10. The average Bonchev–Trinajstić information content (AvgIpc) is 3.14. The highest BCUT2D eigenvalue weighted by Gasteiger charge is 2.36. The first-order valence-electron chi connectivity index (χ1n) is 6.08. The lowest BCUT2D eigenvalue weighted by Gasteiger charge is -2.05. The van der Waals surface area contributed by atoms with Gasteiger partial charge >= 0.3 is 5.97 Å². The summed E-state index contributed by atoms with van der Waals surface area (Å²) in [5.74, 6) is 0.0958. The van der Waals surface area contributed by atoms with Crippen LogP contribution < -0.4 is 4.74 Å². The summed E-state index contributed by atoms with van der Waals surface area (Å²) >= 11 is 0. The standard InChI is InChI=1S/C13H16O4S/c1-2-3-13(14)17-10-4-6-11(7-5-10)18(15,16)12-8-9-12/h4-7,12H,2-3,8-9H2,1H3. The Labute approximate surface area is 107 Å².